The first-order valence-corrected chi connectivity index (χ1v) is 8.59. The van der Waals surface area contributed by atoms with Crippen molar-refractivity contribution in [2.75, 3.05) is 5.32 Å². The highest BCUT2D eigenvalue weighted by molar-refractivity contribution is 6.33. The molecule has 0 radical (unpaired) electrons. The minimum Gasteiger partial charge on any atom is -0.326 e. The van der Waals surface area contributed by atoms with E-state index in [-0.39, 0.29) is 34.1 Å². The zero-order chi connectivity index (χ0) is 22.5. The van der Waals surface area contributed by atoms with Crippen molar-refractivity contribution >= 4 is 40.5 Å². The smallest absolute Gasteiger partial charge is 0.326 e. The molecule has 0 bridgehead atoms. The third-order valence-electron chi connectivity index (χ3n) is 3.64. The van der Waals surface area contributed by atoms with E-state index in [1.165, 1.54) is 19.1 Å². The van der Waals surface area contributed by atoms with Crippen molar-refractivity contribution in [1.82, 2.24) is 5.43 Å². The van der Waals surface area contributed by atoms with E-state index in [1.807, 2.05) is 0 Å². The van der Waals surface area contributed by atoms with Crippen LogP contribution in [0.5, 0.6) is 0 Å². The molecule has 158 valence electrons. The van der Waals surface area contributed by atoms with Crippen molar-refractivity contribution < 1.29 is 27.7 Å². The quantitative estimate of drug-likeness (QED) is 0.392. The number of halogens is 4. The van der Waals surface area contributed by atoms with Crippen molar-refractivity contribution in [3.8, 4) is 0 Å². The molecule has 0 aliphatic carbocycles. The van der Waals surface area contributed by atoms with Gasteiger partial charge in [0.2, 0.25) is 5.91 Å². The highest BCUT2D eigenvalue weighted by Gasteiger charge is 2.30. The van der Waals surface area contributed by atoms with Crippen LogP contribution in [-0.4, -0.2) is 22.4 Å². The van der Waals surface area contributed by atoms with Crippen LogP contribution in [0.3, 0.4) is 0 Å². The first-order valence-electron chi connectivity index (χ1n) is 8.22. The molecule has 0 aliphatic rings. The largest absolute Gasteiger partial charge is 0.416 e. The van der Waals surface area contributed by atoms with E-state index in [1.54, 1.807) is 0 Å². The van der Waals surface area contributed by atoms with Gasteiger partial charge in [-0.15, -0.1) is 0 Å². The molecule has 0 unspecified atom stereocenters. The summed E-state index contributed by atoms with van der Waals surface area (Å²) in [4.78, 5) is 34.0. The lowest BCUT2D eigenvalue weighted by molar-refractivity contribution is -0.384. The molecular formula is C18H14ClF3N4O4. The number of benzene rings is 2. The van der Waals surface area contributed by atoms with Gasteiger partial charge < -0.3 is 5.32 Å². The molecule has 2 rings (SSSR count). The topological polar surface area (TPSA) is 114 Å². The monoisotopic (exact) mass is 442 g/mol. The van der Waals surface area contributed by atoms with Gasteiger partial charge in [-0.3, -0.25) is 19.7 Å². The minimum atomic E-state index is -4.54. The summed E-state index contributed by atoms with van der Waals surface area (Å²) in [6, 6.07) is 7.49. The van der Waals surface area contributed by atoms with Gasteiger partial charge >= 0.3 is 6.18 Å². The fourth-order valence-corrected chi connectivity index (χ4v) is 2.51. The maximum Gasteiger partial charge on any atom is 0.416 e. The van der Waals surface area contributed by atoms with E-state index >= 15 is 0 Å². The Bertz CT molecular complexity index is 1020. The van der Waals surface area contributed by atoms with E-state index in [0.717, 1.165) is 30.3 Å². The van der Waals surface area contributed by atoms with E-state index in [0.29, 0.717) is 0 Å². The summed E-state index contributed by atoms with van der Waals surface area (Å²) >= 11 is 5.74. The van der Waals surface area contributed by atoms with Crippen molar-refractivity contribution in [1.29, 1.82) is 0 Å². The Balaban J connectivity index is 1.96. The van der Waals surface area contributed by atoms with Crippen LogP contribution in [0.4, 0.5) is 24.5 Å². The fourth-order valence-electron chi connectivity index (χ4n) is 2.26. The molecule has 30 heavy (non-hydrogen) atoms. The van der Waals surface area contributed by atoms with Gasteiger partial charge in [0.25, 0.3) is 11.6 Å². The second kappa shape index (κ2) is 9.35. The molecule has 2 amide bonds. The van der Waals surface area contributed by atoms with Crippen LogP contribution in [0.15, 0.2) is 47.6 Å². The number of alkyl halides is 3. The third kappa shape index (κ3) is 6.27. The van der Waals surface area contributed by atoms with Gasteiger partial charge in [0.05, 0.1) is 16.9 Å². The van der Waals surface area contributed by atoms with Crippen LogP contribution < -0.4 is 10.7 Å². The molecule has 0 fully saturated rings. The molecule has 0 atom stereocenters. The summed E-state index contributed by atoms with van der Waals surface area (Å²) in [6.45, 7) is 1.43. The van der Waals surface area contributed by atoms with Crippen LogP contribution in [0.1, 0.15) is 29.3 Å². The maximum atomic E-state index is 12.7. The average Bonchev–Trinajstić information content (AvgIpc) is 2.65. The number of carbonyl (C=O) groups is 2. The molecule has 0 heterocycles. The van der Waals surface area contributed by atoms with Crippen LogP contribution >= 0.6 is 11.6 Å². The van der Waals surface area contributed by atoms with Gasteiger partial charge in [0.1, 0.15) is 5.02 Å². The Hall–Kier alpha value is -3.47. The first kappa shape index (κ1) is 22.8. The van der Waals surface area contributed by atoms with Gasteiger partial charge in [-0.2, -0.15) is 18.3 Å². The van der Waals surface area contributed by atoms with Crippen LogP contribution in [0, 0.1) is 10.1 Å². The van der Waals surface area contributed by atoms with Crippen LogP contribution in [-0.2, 0) is 11.0 Å². The second-order valence-electron chi connectivity index (χ2n) is 6.01. The normalized spacial score (nSPS) is 11.7. The summed E-state index contributed by atoms with van der Waals surface area (Å²) in [5, 5.41) is 16.5. The third-order valence-corrected chi connectivity index (χ3v) is 3.95. The van der Waals surface area contributed by atoms with Crippen molar-refractivity contribution in [2.24, 2.45) is 5.10 Å². The Morgan fingerprint density at radius 2 is 1.90 bits per heavy atom. The molecule has 2 N–H and O–H groups in total. The Morgan fingerprint density at radius 1 is 1.20 bits per heavy atom. The molecule has 0 aliphatic heterocycles. The van der Waals surface area contributed by atoms with E-state index in [2.05, 4.69) is 15.8 Å². The Labute approximate surface area is 172 Å². The van der Waals surface area contributed by atoms with Gasteiger partial charge in [-0.25, -0.2) is 5.43 Å². The minimum absolute atomic E-state index is 0.00978. The first-order chi connectivity index (χ1) is 14.0. The lowest BCUT2D eigenvalue weighted by Gasteiger charge is -2.10. The number of carbonyl (C=O) groups excluding carboxylic acids is 2. The molecule has 0 saturated carbocycles. The van der Waals surface area contributed by atoms with E-state index in [4.69, 9.17) is 11.6 Å². The van der Waals surface area contributed by atoms with E-state index < -0.39 is 28.5 Å². The van der Waals surface area contributed by atoms with Gasteiger partial charge in [-0.05, 0) is 37.3 Å². The summed E-state index contributed by atoms with van der Waals surface area (Å²) in [7, 11) is 0. The van der Waals surface area contributed by atoms with E-state index in [9.17, 15) is 32.9 Å². The summed E-state index contributed by atoms with van der Waals surface area (Å²) in [5.74, 6) is -1.35. The number of rotatable bonds is 6. The second-order valence-corrected chi connectivity index (χ2v) is 6.42. The molecule has 12 heteroatoms. The molecule has 0 saturated heterocycles. The standard InChI is InChI=1S/C18H14ClF3N4O4/c1-10(7-16(27)23-13-4-2-3-12(9-13)18(20,21)22)24-25-17(28)11-5-6-15(26(29)30)14(19)8-11/h2-6,8-9H,7H2,1H3,(H,23,27)(H,25,28)/b24-10+. The molecular weight excluding hydrogens is 429 g/mol. The predicted octanol–water partition coefficient (Wildman–Crippen LogP) is 4.40. The number of hydrogen-bond acceptors (Lipinski definition) is 5. The Morgan fingerprint density at radius 3 is 2.50 bits per heavy atom. The highest BCUT2D eigenvalue weighted by Crippen LogP contribution is 2.30. The number of amides is 2. The van der Waals surface area contributed by atoms with Crippen LogP contribution in [0.25, 0.3) is 0 Å². The number of nitrogens with one attached hydrogen (secondary N) is 2. The molecule has 2 aromatic rings. The number of anilines is 1. The predicted molar refractivity (Wildman–Crippen MR) is 103 cm³/mol. The number of hydrazone groups is 1. The van der Waals surface area contributed by atoms with Crippen molar-refractivity contribution in [3.63, 3.8) is 0 Å². The SMILES string of the molecule is C/C(CC(=O)Nc1cccc(C(F)(F)F)c1)=N\NC(=O)c1ccc([N+](=O)[O-])c(Cl)c1. The lowest BCUT2D eigenvalue weighted by Crippen LogP contribution is -2.21. The molecule has 8 nitrogen and oxygen atoms in total. The fraction of sp³-hybridized carbons (Fsp3) is 0.167. The summed E-state index contributed by atoms with van der Waals surface area (Å²) < 4.78 is 38.1. The number of nitro benzene ring substituents is 1. The lowest BCUT2D eigenvalue weighted by atomic mass is 10.2. The Kier molecular flexibility index (Phi) is 7.11. The zero-order valence-electron chi connectivity index (χ0n) is 15.3. The molecule has 2 aromatic carbocycles. The number of nitrogens with zero attached hydrogens (tertiary/aromatic N) is 2. The number of hydrogen-bond donors (Lipinski definition) is 2. The van der Waals surface area contributed by atoms with Gasteiger partial charge in [-0.1, -0.05) is 17.7 Å². The van der Waals surface area contributed by atoms with Crippen LogP contribution in [0.2, 0.25) is 5.02 Å². The van der Waals surface area contributed by atoms with Gasteiger partial charge in [0, 0.05) is 23.0 Å². The zero-order valence-corrected chi connectivity index (χ0v) is 16.0. The number of nitro groups is 1. The summed E-state index contributed by atoms with van der Waals surface area (Å²) in [6.07, 6.45) is -4.83. The van der Waals surface area contributed by atoms with Gasteiger partial charge in [0.15, 0.2) is 0 Å². The maximum absolute atomic E-state index is 12.7. The summed E-state index contributed by atoms with van der Waals surface area (Å²) in [5.41, 5.74) is 1.04. The highest BCUT2D eigenvalue weighted by atomic mass is 35.5. The molecule has 0 aromatic heterocycles. The molecule has 0 spiro atoms. The van der Waals surface area contributed by atoms with Crippen molar-refractivity contribution in [3.05, 3.63) is 68.7 Å². The average molecular weight is 443 g/mol. The van der Waals surface area contributed by atoms with Crippen molar-refractivity contribution in [2.45, 2.75) is 19.5 Å².